The van der Waals surface area contributed by atoms with E-state index in [2.05, 4.69) is 5.32 Å². The zero-order valence-corrected chi connectivity index (χ0v) is 18.3. The summed E-state index contributed by atoms with van der Waals surface area (Å²) in [6.07, 6.45) is -0.0345. The molecule has 1 heterocycles. The highest BCUT2D eigenvalue weighted by Crippen LogP contribution is 2.20. The van der Waals surface area contributed by atoms with Crippen molar-refractivity contribution in [1.29, 1.82) is 0 Å². The molecule has 2 aromatic carbocycles. The first-order valence-electron chi connectivity index (χ1n) is 10.3. The van der Waals surface area contributed by atoms with Crippen LogP contribution in [-0.2, 0) is 19.6 Å². The van der Waals surface area contributed by atoms with Crippen molar-refractivity contribution in [3.63, 3.8) is 0 Å². The van der Waals surface area contributed by atoms with E-state index in [1.165, 1.54) is 16.4 Å². The van der Waals surface area contributed by atoms with E-state index in [-0.39, 0.29) is 17.4 Å². The molecule has 1 atom stereocenters. The van der Waals surface area contributed by atoms with Crippen molar-refractivity contribution in [3.8, 4) is 11.5 Å². The molecule has 1 amide bonds. The van der Waals surface area contributed by atoms with Crippen LogP contribution in [0.5, 0.6) is 11.5 Å². The Morgan fingerprint density at radius 2 is 1.74 bits per heavy atom. The van der Waals surface area contributed by atoms with E-state index in [1.807, 2.05) is 37.3 Å². The predicted molar refractivity (Wildman–Crippen MR) is 116 cm³/mol. The third-order valence-corrected chi connectivity index (χ3v) is 6.70. The molecular formula is C22H28N2O6S. The number of carbonyl (C=O) groups is 1. The van der Waals surface area contributed by atoms with Crippen LogP contribution >= 0.6 is 0 Å². The van der Waals surface area contributed by atoms with E-state index in [1.54, 1.807) is 12.1 Å². The number of benzene rings is 2. The van der Waals surface area contributed by atoms with Crippen LogP contribution in [0.25, 0.3) is 0 Å². The van der Waals surface area contributed by atoms with Gasteiger partial charge in [-0.3, -0.25) is 4.79 Å². The summed E-state index contributed by atoms with van der Waals surface area (Å²) in [4.78, 5) is 12.5. The van der Waals surface area contributed by atoms with Gasteiger partial charge in [0.2, 0.25) is 10.0 Å². The molecule has 1 aliphatic rings. The number of nitrogens with zero attached hydrogens (tertiary/aromatic N) is 1. The van der Waals surface area contributed by atoms with Gasteiger partial charge in [0.15, 0.2) is 6.10 Å². The van der Waals surface area contributed by atoms with Gasteiger partial charge < -0.3 is 19.5 Å². The van der Waals surface area contributed by atoms with Crippen molar-refractivity contribution >= 4 is 15.9 Å². The van der Waals surface area contributed by atoms with Crippen LogP contribution in [0.3, 0.4) is 0 Å². The van der Waals surface area contributed by atoms with Crippen molar-refractivity contribution in [1.82, 2.24) is 9.62 Å². The Morgan fingerprint density at radius 3 is 2.39 bits per heavy atom. The number of sulfonamides is 1. The second kappa shape index (κ2) is 11.1. The Bertz CT molecular complexity index is 928. The number of rotatable bonds is 10. The van der Waals surface area contributed by atoms with Crippen LogP contribution in [0.2, 0.25) is 0 Å². The molecular weight excluding hydrogens is 420 g/mol. The Morgan fingerprint density at radius 1 is 1.06 bits per heavy atom. The molecule has 0 saturated carbocycles. The topological polar surface area (TPSA) is 94.2 Å². The molecule has 0 unspecified atom stereocenters. The minimum atomic E-state index is -3.53. The number of hydrogen-bond acceptors (Lipinski definition) is 6. The lowest BCUT2D eigenvalue weighted by Crippen LogP contribution is -2.40. The highest BCUT2D eigenvalue weighted by atomic mass is 32.2. The van der Waals surface area contributed by atoms with Crippen molar-refractivity contribution < 1.29 is 27.4 Å². The highest BCUT2D eigenvalue weighted by Gasteiger charge is 2.26. The third kappa shape index (κ3) is 6.43. The van der Waals surface area contributed by atoms with Gasteiger partial charge in [-0.05, 0) is 42.8 Å². The predicted octanol–water partition coefficient (Wildman–Crippen LogP) is 2.06. The first-order chi connectivity index (χ1) is 15.0. The number of carbonyl (C=O) groups excluding carboxylic acids is 1. The summed E-state index contributed by atoms with van der Waals surface area (Å²) < 4.78 is 43.2. The fraction of sp³-hybridized carbons (Fsp3) is 0.409. The standard InChI is InChI=1S/C22H28N2O6S/c1-2-21(30-19-6-4-3-5-7-19)22(25)23-12-15-29-18-8-10-20(11-9-18)31(26,27)24-13-16-28-17-14-24/h3-11,21H,2,12-17H2,1H3,(H,23,25)/t21-/m1/s1. The first kappa shape index (κ1) is 23.1. The molecule has 0 spiro atoms. The average Bonchev–Trinajstić information content (AvgIpc) is 2.81. The lowest BCUT2D eigenvalue weighted by molar-refractivity contribution is -0.128. The highest BCUT2D eigenvalue weighted by molar-refractivity contribution is 7.89. The molecule has 0 radical (unpaired) electrons. The second-order valence-corrected chi connectivity index (χ2v) is 8.89. The van der Waals surface area contributed by atoms with E-state index in [9.17, 15) is 13.2 Å². The molecule has 0 aromatic heterocycles. The average molecular weight is 449 g/mol. The molecule has 8 nitrogen and oxygen atoms in total. The van der Waals surface area contributed by atoms with Crippen molar-refractivity contribution in [2.24, 2.45) is 0 Å². The van der Waals surface area contributed by atoms with E-state index in [0.717, 1.165) is 0 Å². The van der Waals surface area contributed by atoms with Crippen LogP contribution in [-0.4, -0.2) is 64.2 Å². The quantitative estimate of drug-likeness (QED) is 0.559. The largest absolute Gasteiger partial charge is 0.492 e. The minimum absolute atomic E-state index is 0.207. The fourth-order valence-corrected chi connectivity index (χ4v) is 4.49. The molecule has 9 heteroatoms. The number of hydrogen-bond donors (Lipinski definition) is 1. The molecule has 0 aliphatic carbocycles. The fourth-order valence-electron chi connectivity index (χ4n) is 3.09. The molecule has 2 aromatic rings. The maximum atomic E-state index is 12.6. The summed E-state index contributed by atoms with van der Waals surface area (Å²) >= 11 is 0. The molecule has 168 valence electrons. The first-order valence-corrected chi connectivity index (χ1v) is 11.7. The molecule has 1 saturated heterocycles. The van der Waals surface area contributed by atoms with Gasteiger partial charge in [0.05, 0.1) is 24.7 Å². The number of nitrogens with one attached hydrogen (secondary N) is 1. The number of morpholine rings is 1. The third-order valence-electron chi connectivity index (χ3n) is 4.79. The van der Waals surface area contributed by atoms with Gasteiger partial charge in [-0.25, -0.2) is 8.42 Å². The minimum Gasteiger partial charge on any atom is -0.492 e. The van der Waals surface area contributed by atoms with Crippen LogP contribution in [0.4, 0.5) is 0 Å². The summed E-state index contributed by atoms with van der Waals surface area (Å²) in [5.41, 5.74) is 0. The summed E-state index contributed by atoms with van der Waals surface area (Å²) in [6.45, 7) is 3.96. The lowest BCUT2D eigenvalue weighted by Gasteiger charge is -2.26. The van der Waals surface area contributed by atoms with E-state index in [4.69, 9.17) is 14.2 Å². The van der Waals surface area contributed by atoms with Crippen LogP contribution in [0.15, 0.2) is 59.5 Å². The van der Waals surface area contributed by atoms with Crippen molar-refractivity contribution in [3.05, 3.63) is 54.6 Å². The van der Waals surface area contributed by atoms with Gasteiger partial charge >= 0.3 is 0 Å². The summed E-state index contributed by atoms with van der Waals surface area (Å²) in [7, 11) is -3.53. The zero-order valence-electron chi connectivity index (χ0n) is 17.5. The Kier molecular flexibility index (Phi) is 8.27. The summed E-state index contributed by atoms with van der Waals surface area (Å²) in [5, 5.41) is 2.80. The van der Waals surface area contributed by atoms with Crippen molar-refractivity contribution in [2.45, 2.75) is 24.3 Å². The van der Waals surface area contributed by atoms with E-state index < -0.39 is 16.1 Å². The molecule has 0 bridgehead atoms. The van der Waals surface area contributed by atoms with E-state index in [0.29, 0.717) is 50.8 Å². The number of ether oxygens (including phenoxy) is 3. The molecule has 1 aliphatic heterocycles. The van der Waals surface area contributed by atoms with Gasteiger partial charge in [-0.2, -0.15) is 4.31 Å². The Labute approximate surface area is 183 Å². The summed E-state index contributed by atoms with van der Waals surface area (Å²) in [5.74, 6) is 0.970. The van der Waals surface area contributed by atoms with Gasteiger partial charge in [0, 0.05) is 13.1 Å². The van der Waals surface area contributed by atoms with Gasteiger partial charge in [0.1, 0.15) is 18.1 Å². The van der Waals surface area contributed by atoms with Gasteiger partial charge in [-0.15, -0.1) is 0 Å². The van der Waals surface area contributed by atoms with Gasteiger partial charge in [0.25, 0.3) is 5.91 Å². The molecule has 3 rings (SSSR count). The maximum Gasteiger partial charge on any atom is 0.261 e. The smallest absolute Gasteiger partial charge is 0.261 e. The number of para-hydroxylation sites is 1. The second-order valence-electron chi connectivity index (χ2n) is 6.96. The van der Waals surface area contributed by atoms with Crippen LogP contribution in [0, 0.1) is 0 Å². The van der Waals surface area contributed by atoms with Crippen molar-refractivity contribution in [2.75, 3.05) is 39.5 Å². The normalized spacial score (nSPS) is 15.8. The summed E-state index contributed by atoms with van der Waals surface area (Å²) in [6, 6.07) is 15.5. The Hall–Kier alpha value is -2.62. The number of amides is 1. The molecule has 1 fully saturated rings. The maximum absolute atomic E-state index is 12.6. The SMILES string of the molecule is CC[C@@H](Oc1ccccc1)C(=O)NCCOc1ccc(S(=O)(=O)N2CCOCC2)cc1. The lowest BCUT2D eigenvalue weighted by atomic mass is 10.2. The Balaban J connectivity index is 1.44. The van der Waals surface area contributed by atoms with Crippen LogP contribution in [0.1, 0.15) is 13.3 Å². The molecule has 31 heavy (non-hydrogen) atoms. The van der Waals surface area contributed by atoms with E-state index >= 15 is 0 Å². The molecule has 1 N–H and O–H groups in total. The monoisotopic (exact) mass is 448 g/mol. The van der Waals surface area contributed by atoms with Gasteiger partial charge in [-0.1, -0.05) is 25.1 Å². The van der Waals surface area contributed by atoms with Crippen LogP contribution < -0.4 is 14.8 Å². The zero-order chi connectivity index (χ0) is 22.1.